The Labute approximate surface area is 105 Å². The van der Waals surface area contributed by atoms with Crippen LogP contribution in [0.5, 0.6) is 0 Å². The summed E-state index contributed by atoms with van der Waals surface area (Å²) in [5, 5.41) is 3.53. The summed E-state index contributed by atoms with van der Waals surface area (Å²) in [7, 11) is 4.26. The quantitative estimate of drug-likeness (QED) is 0.653. The Hall–Kier alpha value is -0.160. The normalized spacial score (nSPS) is 29.1. The van der Waals surface area contributed by atoms with Crippen LogP contribution in [0.3, 0.4) is 0 Å². The highest BCUT2D eigenvalue weighted by Crippen LogP contribution is 2.25. The molecule has 2 aliphatic rings. The second kappa shape index (κ2) is 6.69. The smallest absolute Gasteiger partial charge is 0.0707 e. The molecule has 0 amide bonds. The zero-order valence-electron chi connectivity index (χ0n) is 11.3. The van der Waals surface area contributed by atoms with Crippen LogP contribution in [-0.2, 0) is 4.74 Å². The summed E-state index contributed by atoms with van der Waals surface area (Å²) in [6.07, 6.45) is 4.85. The Morgan fingerprint density at radius 2 is 1.88 bits per heavy atom. The van der Waals surface area contributed by atoms with Gasteiger partial charge in [-0.05, 0) is 46.4 Å². The standard InChI is InChI=1S/C13H27N3O/c1-15(2)8-3-6-14-7-9-16-10-12-4-5-13(11-16)17-12/h12-14H,3-11H2,1-2H3. The van der Waals surface area contributed by atoms with E-state index in [0.717, 1.165) is 26.2 Å². The minimum Gasteiger partial charge on any atom is -0.372 e. The molecule has 17 heavy (non-hydrogen) atoms. The lowest BCUT2D eigenvalue weighted by Crippen LogP contribution is -2.45. The first kappa shape index (κ1) is 13.3. The number of nitrogens with one attached hydrogen (secondary N) is 1. The first-order valence-corrected chi connectivity index (χ1v) is 6.97. The molecule has 0 radical (unpaired) electrons. The molecular weight excluding hydrogens is 214 g/mol. The van der Waals surface area contributed by atoms with Gasteiger partial charge in [-0.25, -0.2) is 0 Å². The zero-order chi connectivity index (χ0) is 12.1. The Morgan fingerprint density at radius 1 is 1.18 bits per heavy atom. The Balaban J connectivity index is 1.48. The monoisotopic (exact) mass is 241 g/mol. The van der Waals surface area contributed by atoms with Crippen LogP contribution < -0.4 is 5.32 Å². The average molecular weight is 241 g/mol. The van der Waals surface area contributed by atoms with Gasteiger partial charge in [0.25, 0.3) is 0 Å². The van der Waals surface area contributed by atoms with Gasteiger partial charge in [0.1, 0.15) is 0 Å². The number of morpholine rings is 1. The number of rotatable bonds is 7. The van der Waals surface area contributed by atoms with Crippen molar-refractivity contribution in [2.75, 3.05) is 53.4 Å². The van der Waals surface area contributed by atoms with Crippen LogP contribution in [0.1, 0.15) is 19.3 Å². The second-order valence-corrected chi connectivity index (χ2v) is 5.62. The average Bonchev–Trinajstić information content (AvgIpc) is 2.63. The first-order chi connectivity index (χ1) is 8.24. The lowest BCUT2D eigenvalue weighted by Gasteiger charge is -2.32. The molecule has 4 nitrogen and oxygen atoms in total. The van der Waals surface area contributed by atoms with E-state index in [9.17, 15) is 0 Å². The fourth-order valence-electron chi connectivity index (χ4n) is 2.76. The maximum Gasteiger partial charge on any atom is 0.0707 e. The van der Waals surface area contributed by atoms with Gasteiger partial charge >= 0.3 is 0 Å². The van der Waals surface area contributed by atoms with Crippen molar-refractivity contribution in [2.24, 2.45) is 0 Å². The number of hydrogen-bond donors (Lipinski definition) is 1. The van der Waals surface area contributed by atoms with E-state index < -0.39 is 0 Å². The van der Waals surface area contributed by atoms with E-state index in [4.69, 9.17) is 4.74 Å². The highest BCUT2D eigenvalue weighted by molar-refractivity contribution is 4.84. The van der Waals surface area contributed by atoms with Gasteiger partial charge in [0.2, 0.25) is 0 Å². The molecular formula is C13H27N3O. The summed E-state index contributed by atoms with van der Waals surface area (Å²) in [4.78, 5) is 4.80. The third-order valence-corrected chi connectivity index (χ3v) is 3.68. The molecule has 2 atom stereocenters. The summed E-state index contributed by atoms with van der Waals surface area (Å²) in [6, 6.07) is 0. The molecule has 2 fully saturated rings. The number of nitrogens with zero attached hydrogens (tertiary/aromatic N) is 2. The van der Waals surface area contributed by atoms with Crippen molar-refractivity contribution in [1.29, 1.82) is 0 Å². The third-order valence-electron chi connectivity index (χ3n) is 3.68. The van der Waals surface area contributed by atoms with Gasteiger partial charge < -0.3 is 15.0 Å². The maximum atomic E-state index is 5.83. The predicted molar refractivity (Wildman–Crippen MR) is 70.4 cm³/mol. The fraction of sp³-hybridized carbons (Fsp3) is 1.00. The molecule has 2 heterocycles. The molecule has 0 spiro atoms. The van der Waals surface area contributed by atoms with Crippen molar-refractivity contribution in [3.63, 3.8) is 0 Å². The molecule has 0 aromatic heterocycles. The van der Waals surface area contributed by atoms with E-state index in [1.165, 1.54) is 32.4 Å². The molecule has 2 aliphatic heterocycles. The molecule has 4 heteroatoms. The Bertz CT molecular complexity index is 211. The van der Waals surface area contributed by atoms with Gasteiger partial charge in [0, 0.05) is 26.2 Å². The molecule has 2 rings (SSSR count). The number of hydrogen-bond acceptors (Lipinski definition) is 4. The van der Waals surface area contributed by atoms with E-state index in [0.29, 0.717) is 12.2 Å². The van der Waals surface area contributed by atoms with E-state index >= 15 is 0 Å². The van der Waals surface area contributed by atoms with Crippen LogP contribution in [0, 0.1) is 0 Å². The minimum absolute atomic E-state index is 0.530. The van der Waals surface area contributed by atoms with Gasteiger partial charge in [-0.1, -0.05) is 0 Å². The lowest BCUT2D eigenvalue weighted by atomic mass is 10.2. The number of ether oxygens (including phenoxy) is 1. The van der Waals surface area contributed by atoms with Crippen LogP contribution in [0.4, 0.5) is 0 Å². The van der Waals surface area contributed by atoms with Crippen LogP contribution in [-0.4, -0.2) is 75.4 Å². The van der Waals surface area contributed by atoms with Crippen LogP contribution in [0.15, 0.2) is 0 Å². The van der Waals surface area contributed by atoms with Crippen LogP contribution in [0.2, 0.25) is 0 Å². The molecule has 2 unspecified atom stereocenters. The summed E-state index contributed by atoms with van der Waals surface area (Å²) < 4.78 is 5.83. The summed E-state index contributed by atoms with van der Waals surface area (Å²) >= 11 is 0. The van der Waals surface area contributed by atoms with Crippen molar-refractivity contribution in [2.45, 2.75) is 31.5 Å². The van der Waals surface area contributed by atoms with Crippen molar-refractivity contribution in [3.05, 3.63) is 0 Å². The summed E-state index contributed by atoms with van der Waals surface area (Å²) in [5.41, 5.74) is 0. The van der Waals surface area contributed by atoms with E-state index in [-0.39, 0.29) is 0 Å². The van der Waals surface area contributed by atoms with Gasteiger partial charge in [-0.2, -0.15) is 0 Å². The van der Waals surface area contributed by atoms with Crippen molar-refractivity contribution >= 4 is 0 Å². The predicted octanol–water partition coefficient (Wildman–Crippen LogP) is 0.391. The van der Waals surface area contributed by atoms with Crippen molar-refractivity contribution < 1.29 is 4.74 Å². The van der Waals surface area contributed by atoms with Gasteiger partial charge in [0.15, 0.2) is 0 Å². The zero-order valence-corrected chi connectivity index (χ0v) is 11.3. The van der Waals surface area contributed by atoms with E-state index in [2.05, 4.69) is 29.2 Å². The summed E-state index contributed by atoms with van der Waals surface area (Å²) in [5.74, 6) is 0. The maximum absolute atomic E-state index is 5.83. The van der Waals surface area contributed by atoms with Crippen LogP contribution >= 0.6 is 0 Å². The number of likely N-dealkylation sites (tertiary alicyclic amines) is 1. The molecule has 100 valence electrons. The highest BCUT2D eigenvalue weighted by atomic mass is 16.5. The van der Waals surface area contributed by atoms with E-state index in [1.807, 2.05) is 0 Å². The molecule has 2 saturated heterocycles. The van der Waals surface area contributed by atoms with Gasteiger partial charge in [-0.3, -0.25) is 4.90 Å². The molecule has 1 N–H and O–H groups in total. The lowest BCUT2D eigenvalue weighted by molar-refractivity contribution is -0.0376. The Kier molecular flexibility index (Phi) is 5.22. The fourth-order valence-corrected chi connectivity index (χ4v) is 2.76. The molecule has 0 saturated carbocycles. The van der Waals surface area contributed by atoms with Gasteiger partial charge in [0.05, 0.1) is 12.2 Å². The van der Waals surface area contributed by atoms with Crippen molar-refractivity contribution in [1.82, 2.24) is 15.1 Å². The molecule has 0 aliphatic carbocycles. The third kappa shape index (κ3) is 4.54. The molecule has 0 aromatic rings. The molecule has 2 bridgehead atoms. The summed E-state index contributed by atoms with van der Waals surface area (Å²) in [6.45, 7) is 6.90. The second-order valence-electron chi connectivity index (χ2n) is 5.62. The highest BCUT2D eigenvalue weighted by Gasteiger charge is 2.33. The topological polar surface area (TPSA) is 27.7 Å². The van der Waals surface area contributed by atoms with E-state index in [1.54, 1.807) is 0 Å². The van der Waals surface area contributed by atoms with Crippen LogP contribution in [0.25, 0.3) is 0 Å². The number of fused-ring (bicyclic) bond motifs is 2. The van der Waals surface area contributed by atoms with Gasteiger partial charge in [-0.15, -0.1) is 0 Å². The SMILES string of the molecule is CN(C)CCCNCCN1CC2CCC(C1)O2. The Morgan fingerprint density at radius 3 is 2.53 bits per heavy atom. The minimum atomic E-state index is 0.530. The molecule has 0 aromatic carbocycles. The first-order valence-electron chi connectivity index (χ1n) is 6.97. The largest absolute Gasteiger partial charge is 0.372 e. The van der Waals surface area contributed by atoms with Crippen molar-refractivity contribution in [3.8, 4) is 0 Å².